The highest BCUT2D eigenvalue weighted by Crippen LogP contribution is 2.31. The molecule has 0 heterocycles. The number of aryl methyl sites for hydroxylation is 1. The van der Waals surface area contributed by atoms with Crippen molar-refractivity contribution in [2.75, 3.05) is 0 Å². The number of nitrogens with two attached hydrogens (primary N) is 1. The van der Waals surface area contributed by atoms with E-state index in [9.17, 15) is 4.79 Å². The summed E-state index contributed by atoms with van der Waals surface area (Å²) in [5.41, 5.74) is 9.14. The summed E-state index contributed by atoms with van der Waals surface area (Å²) in [6, 6.07) is 3.37. The van der Waals surface area contributed by atoms with Crippen molar-refractivity contribution in [1.82, 2.24) is 0 Å². The summed E-state index contributed by atoms with van der Waals surface area (Å²) in [5, 5.41) is 9.47. The molecule has 1 atom stereocenters. The molecule has 3 N–H and O–H groups in total. The predicted octanol–water partition coefficient (Wildman–Crippen LogP) is 2.69. The van der Waals surface area contributed by atoms with Crippen LogP contribution >= 0.6 is 11.6 Å². The summed E-state index contributed by atoms with van der Waals surface area (Å²) in [4.78, 5) is 10.6. The largest absolute Gasteiger partial charge is 0.481 e. The van der Waals surface area contributed by atoms with E-state index in [1.807, 2.05) is 12.1 Å². The third-order valence-corrected chi connectivity index (χ3v) is 3.59. The minimum absolute atomic E-state index is 0.0604. The van der Waals surface area contributed by atoms with Crippen molar-refractivity contribution < 1.29 is 9.90 Å². The van der Waals surface area contributed by atoms with Crippen LogP contribution in [-0.4, -0.2) is 11.1 Å². The van der Waals surface area contributed by atoms with E-state index in [1.54, 1.807) is 0 Å². The monoisotopic (exact) mass is 253 g/mol. The molecular weight excluding hydrogens is 238 g/mol. The number of carbonyl (C=O) groups is 1. The number of fused-ring (bicyclic) bond motifs is 1. The van der Waals surface area contributed by atoms with Gasteiger partial charge in [-0.1, -0.05) is 17.7 Å². The summed E-state index contributed by atoms with van der Waals surface area (Å²) >= 11 is 6.22. The smallest absolute Gasteiger partial charge is 0.305 e. The molecule has 1 aliphatic rings. The van der Waals surface area contributed by atoms with Gasteiger partial charge in [0.1, 0.15) is 0 Å². The molecule has 17 heavy (non-hydrogen) atoms. The van der Waals surface area contributed by atoms with Crippen LogP contribution in [0.15, 0.2) is 12.1 Å². The van der Waals surface area contributed by atoms with E-state index in [0.29, 0.717) is 0 Å². The zero-order chi connectivity index (χ0) is 12.4. The van der Waals surface area contributed by atoms with E-state index in [0.717, 1.165) is 23.4 Å². The zero-order valence-corrected chi connectivity index (χ0v) is 10.3. The molecule has 0 saturated heterocycles. The van der Waals surface area contributed by atoms with Gasteiger partial charge < -0.3 is 10.8 Å². The maximum Gasteiger partial charge on any atom is 0.305 e. The molecule has 0 spiro atoms. The van der Waals surface area contributed by atoms with Gasteiger partial charge in [0.15, 0.2) is 0 Å². The van der Waals surface area contributed by atoms with Crippen LogP contribution in [0, 0.1) is 0 Å². The van der Waals surface area contributed by atoms with Gasteiger partial charge in [-0.05, 0) is 48.4 Å². The predicted molar refractivity (Wildman–Crippen MR) is 67.3 cm³/mol. The standard InChI is InChI=1S/C13H16ClNO2/c14-11-6-9(12(15)7-13(16)17)5-8-3-1-2-4-10(8)11/h5-6,12H,1-4,7,15H2,(H,16,17). The third kappa shape index (κ3) is 2.79. The topological polar surface area (TPSA) is 63.3 Å². The third-order valence-electron chi connectivity index (χ3n) is 3.26. The highest BCUT2D eigenvalue weighted by Gasteiger charge is 2.17. The lowest BCUT2D eigenvalue weighted by atomic mass is 9.88. The van der Waals surface area contributed by atoms with E-state index in [1.165, 1.54) is 24.0 Å². The number of aliphatic carboxylic acids is 1. The molecule has 0 radical (unpaired) electrons. The van der Waals surface area contributed by atoms with E-state index < -0.39 is 12.0 Å². The molecule has 1 unspecified atom stereocenters. The Morgan fingerprint density at radius 1 is 1.41 bits per heavy atom. The molecule has 0 bridgehead atoms. The molecule has 3 nitrogen and oxygen atoms in total. The average Bonchev–Trinajstić information content (AvgIpc) is 2.28. The van der Waals surface area contributed by atoms with E-state index in [2.05, 4.69) is 0 Å². The molecule has 0 aliphatic heterocycles. The molecule has 0 aromatic heterocycles. The summed E-state index contributed by atoms with van der Waals surface area (Å²) in [6.07, 6.45) is 4.31. The molecule has 0 saturated carbocycles. The van der Waals surface area contributed by atoms with Crippen LogP contribution in [0.1, 0.15) is 42.0 Å². The maximum atomic E-state index is 10.6. The second-order valence-electron chi connectivity index (χ2n) is 4.55. The Labute approximate surface area is 106 Å². The number of rotatable bonds is 3. The summed E-state index contributed by atoms with van der Waals surface area (Å²) in [6.45, 7) is 0. The minimum atomic E-state index is -0.883. The fourth-order valence-electron chi connectivity index (χ4n) is 2.36. The quantitative estimate of drug-likeness (QED) is 0.871. The van der Waals surface area contributed by atoms with Crippen molar-refractivity contribution >= 4 is 17.6 Å². The Hall–Kier alpha value is -1.06. The fourth-order valence-corrected chi connectivity index (χ4v) is 2.70. The highest BCUT2D eigenvalue weighted by atomic mass is 35.5. The van der Waals surface area contributed by atoms with Crippen LogP contribution in [0.2, 0.25) is 5.02 Å². The second kappa shape index (κ2) is 5.07. The lowest BCUT2D eigenvalue weighted by Gasteiger charge is -2.20. The number of benzene rings is 1. The van der Waals surface area contributed by atoms with Gasteiger partial charge in [0.05, 0.1) is 6.42 Å². The lowest BCUT2D eigenvalue weighted by Crippen LogP contribution is -2.16. The van der Waals surface area contributed by atoms with Crippen molar-refractivity contribution in [3.05, 3.63) is 33.8 Å². The molecule has 1 aliphatic carbocycles. The van der Waals surface area contributed by atoms with Crippen LogP contribution in [0.25, 0.3) is 0 Å². The number of carboxylic acids is 1. The van der Waals surface area contributed by atoms with E-state index in [4.69, 9.17) is 22.4 Å². The highest BCUT2D eigenvalue weighted by molar-refractivity contribution is 6.31. The van der Waals surface area contributed by atoms with Crippen molar-refractivity contribution in [2.24, 2.45) is 5.73 Å². The molecule has 92 valence electrons. The molecular formula is C13H16ClNO2. The summed E-state index contributed by atoms with van der Waals surface area (Å²) < 4.78 is 0. The first-order chi connectivity index (χ1) is 8.08. The van der Waals surface area contributed by atoms with Crippen LogP contribution in [-0.2, 0) is 17.6 Å². The Morgan fingerprint density at radius 2 is 2.12 bits per heavy atom. The van der Waals surface area contributed by atoms with Gasteiger partial charge in [0.25, 0.3) is 0 Å². The fraction of sp³-hybridized carbons (Fsp3) is 0.462. The maximum absolute atomic E-state index is 10.6. The Kier molecular flexibility index (Phi) is 3.69. The van der Waals surface area contributed by atoms with Crippen molar-refractivity contribution in [3.63, 3.8) is 0 Å². The average molecular weight is 254 g/mol. The number of carboxylic acid groups (broad SMARTS) is 1. The first-order valence-corrected chi connectivity index (χ1v) is 6.24. The summed E-state index contributed by atoms with van der Waals surface area (Å²) in [7, 11) is 0. The van der Waals surface area contributed by atoms with Gasteiger partial charge in [-0.15, -0.1) is 0 Å². The SMILES string of the molecule is NC(CC(=O)O)c1cc(Cl)c2c(c1)CCCC2. The molecule has 0 amide bonds. The van der Waals surface area contributed by atoms with Gasteiger partial charge in [0, 0.05) is 11.1 Å². The van der Waals surface area contributed by atoms with Gasteiger partial charge in [-0.25, -0.2) is 0 Å². The number of hydrogen-bond acceptors (Lipinski definition) is 2. The van der Waals surface area contributed by atoms with Gasteiger partial charge in [0.2, 0.25) is 0 Å². The zero-order valence-electron chi connectivity index (χ0n) is 9.58. The van der Waals surface area contributed by atoms with Crippen LogP contribution in [0.3, 0.4) is 0 Å². The molecule has 2 rings (SSSR count). The van der Waals surface area contributed by atoms with Crippen molar-refractivity contribution in [3.8, 4) is 0 Å². The summed E-state index contributed by atoms with van der Waals surface area (Å²) in [5.74, 6) is -0.883. The van der Waals surface area contributed by atoms with Crippen LogP contribution in [0.4, 0.5) is 0 Å². The van der Waals surface area contributed by atoms with Crippen LogP contribution in [0.5, 0.6) is 0 Å². The molecule has 0 fully saturated rings. The Bertz CT molecular complexity index is 445. The first-order valence-electron chi connectivity index (χ1n) is 5.86. The molecule has 1 aromatic carbocycles. The van der Waals surface area contributed by atoms with Gasteiger partial charge in [-0.2, -0.15) is 0 Å². The normalized spacial score (nSPS) is 16.4. The number of hydrogen-bond donors (Lipinski definition) is 2. The van der Waals surface area contributed by atoms with E-state index in [-0.39, 0.29) is 6.42 Å². The Morgan fingerprint density at radius 3 is 2.82 bits per heavy atom. The second-order valence-corrected chi connectivity index (χ2v) is 4.96. The lowest BCUT2D eigenvalue weighted by molar-refractivity contribution is -0.137. The molecule has 4 heteroatoms. The van der Waals surface area contributed by atoms with Gasteiger partial charge >= 0.3 is 5.97 Å². The number of halogens is 1. The minimum Gasteiger partial charge on any atom is -0.481 e. The van der Waals surface area contributed by atoms with Crippen LogP contribution < -0.4 is 5.73 Å². The van der Waals surface area contributed by atoms with Crippen molar-refractivity contribution in [2.45, 2.75) is 38.1 Å². The Balaban J connectivity index is 2.30. The first kappa shape index (κ1) is 12.4. The van der Waals surface area contributed by atoms with Crippen molar-refractivity contribution in [1.29, 1.82) is 0 Å². The van der Waals surface area contributed by atoms with E-state index >= 15 is 0 Å². The molecule has 1 aromatic rings. The van der Waals surface area contributed by atoms with Gasteiger partial charge in [-0.3, -0.25) is 4.79 Å².